The summed E-state index contributed by atoms with van der Waals surface area (Å²) < 4.78 is 5.12. The number of carbonyl (C=O) groups is 2. The second-order valence-electron chi connectivity index (χ2n) is 4.69. The number of carbonyl (C=O) groups excluding carboxylic acids is 2. The van der Waals surface area contributed by atoms with Crippen LogP contribution in [0.4, 0.5) is 5.69 Å². The number of nitrogens with zero attached hydrogens (tertiary/aromatic N) is 2. The predicted octanol–water partition coefficient (Wildman–Crippen LogP) is 1.14. The SMILES string of the molecule is CCOC(=O)C1(N(C)C)C(=O)c2ccccc2N1C. The first-order valence-electron chi connectivity index (χ1n) is 6.20. The Hall–Kier alpha value is -1.88. The molecule has 0 bridgehead atoms. The maximum Gasteiger partial charge on any atom is 0.356 e. The Morgan fingerprint density at radius 1 is 1.37 bits per heavy atom. The number of ketones is 1. The monoisotopic (exact) mass is 262 g/mol. The van der Waals surface area contributed by atoms with Crippen LogP contribution >= 0.6 is 0 Å². The van der Waals surface area contributed by atoms with Gasteiger partial charge in [0.25, 0.3) is 5.66 Å². The van der Waals surface area contributed by atoms with E-state index in [-0.39, 0.29) is 12.4 Å². The largest absolute Gasteiger partial charge is 0.463 e. The summed E-state index contributed by atoms with van der Waals surface area (Å²) in [7, 11) is 5.15. The fraction of sp³-hybridized carbons (Fsp3) is 0.429. The smallest absolute Gasteiger partial charge is 0.356 e. The lowest BCUT2D eigenvalue weighted by Gasteiger charge is -2.38. The molecule has 19 heavy (non-hydrogen) atoms. The van der Waals surface area contributed by atoms with Crippen molar-refractivity contribution in [2.45, 2.75) is 12.6 Å². The lowest BCUT2D eigenvalue weighted by atomic mass is 10.0. The van der Waals surface area contributed by atoms with Crippen LogP contribution in [0.2, 0.25) is 0 Å². The zero-order valence-corrected chi connectivity index (χ0v) is 11.6. The number of hydrogen-bond acceptors (Lipinski definition) is 5. The predicted molar refractivity (Wildman–Crippen MR) is 72.2 cm³/mol. The van der Waals surface area contributed by atoms with E-state index in [9.17, 15) is 9.59 Å². The molecule has 0 fully saturated rings. The molecule has 1 unspecified atom stereocenters. The van der Waals surface area contributed by atoms with Gasteiger partial charge in [-0.2, -0.15) is 0 Å². The van der Waals surface area contributed by atoms with E-state index in [0.717, 1.165) is 5.69 Å². The highest BCUT2D eigenvalue weighted by atomic mass is 16.5. The van der Waals surface area contributed by atoms with Gasteiger partial charge in [-0.05, 0) is 33.2 Å². The van der Waals surface area contributed by atoms with Crippen molar-refractivity contribution in [1.82, 2.24) is 4.90 Å². The molecule has 2 rings (SSSR count). The first-order chi connectivity index (χ1) is 8.97. The van der Waals surface area contributed by atoms with Gasteiger partial charge in [-0.3, -0.25) is 9.69 Å². The van der Waals surface area contributed by atoms with Crippen LogP contribution in [0.1, 0.15) is 17.3 Å². The van der Waals surface area contributed by atoms with Crippen LogP contribution in [-0.4, -0.2) is 50.1 Å². The molecule has 1 aliphatic heterocycles. The van der Waals surface area contributed by atoms with Crippen molar-refractivity contribution in [3.8, 4) is 0 Å². The summed E-state index contributed by atoms with van der Waals surface area (Å²) in [6, 6.07) is 7.21. The molecule has 1 atom stereocenters. The van der Waals surface area contributed by atoms with E-state index in [1.165, 1.54) is 0 Å². The van der Waals surface area contributed by atoms with E-state index in [0.29, 0.717) is 5.56 Å². The van der Waals surface area contributed by atoms with E-state index in [1.807, 2.05) is 12.1 Å². The van der Waals surface area contributed by atoms with E-state index in [1.54, 1.807) is 50.0 Å². The molecule has 1 aromatic carbocycles. The van der Waals surface area contributed by atoms with Crippen molar-refractivity contribution in [1.29, 1.82) is 0 Å². The zero-order chi connectivity index (χ0) is 14.2. The van der Waals surface area contributed by atoms with Gasteiger partial charge < -0.3 is 9.64 Å². The Morgan fingerprint density at radius 3 is 2.53 bits per heavy atom. The van der Waals surface area contributed by atoms with Crippen LogP contribution < -0.4 is 4.90 Å². The molecule has 102 valence electrons. The average Bonchev–Trinajstić information content (AvgIpc) is 2.61. The fourth-order valence-corrected chi connectivity index (χ4v) is 2.62. The van der Waals surface area contributed by atoms with Gasteiger partial charge in [0, 0.05) is 18.3 Å². The Bertz CT molecular complexity index is 527. The van der Waals surface area contributed by atoms with Crippen molar-refractivity contribution in [3.05, 3.63) is 29.8 Å². The first-order valence-corrected chi connectivity index (χ1v) is 6.20. The lowest BCUT2D eigenvalue weighted by molar-refractivity contribution is -0.152. The number of esters is 1. The van der Waals surface area contributed by atoms with Gasteiger partial charge in [-0.1, -0.05) is 12.1 Å². The molecular weight excluding hydrogens is 244 g/mol. The van der Waals surface area contributed by atoms with Gasteiger partial charge in [0.15, 0.2) is 0 Å². The Morgan fingerprint density at radius 2 is 2.00 bits per heavy atom. The van der Waals surface area contributed by atoms with Crippen LogP contribution in [0.5, 0.6) is 0 Å². The van der Waals surface area contributed by atoms with Crippen molar-refractivity contribution >= 4 is 17.4 Å². The molecule has 0 radical (unpaired) electrons. The number of anilines is 1. The van der Waals surface area contributed by atoms with Gasteiger partial charge in [0.2, 0.25) is 5.78 Å². The highest BCUT2D eigenvalue weighted by Crippen LogP contribution is 2.39. The number of likely N-dealkylation sites (N-methyl/N-ethyl adjacent to an activating group) is 2. The summed E-state index contributed by atoms with van der Waals surface area (Å²) >= 11 is 0. The normalized spacial score (nSPS) is 21.7. The molecule has 1 aromatic rings. The third kappa shape index (κ3) is 1.65. The standard InChI is InChI=1S/C14H18N2O3/c1-5-19-13(18)14(15(2)3)12(17)10-8-6-7-9-11(10)16(14)4/h6-9H,5H2,1-4H3. The Balaban J connectivity index is 2.59. The minimum Gasteiger partial charge on any atom is -0.463 e. The summed E-state index contributed by atoms with van der Waals surface area (Å²) in [5.41, 5.74) is -0.110. The molecule has 0 N–H and O–H groups in total. The second kappa shape index (κ2) is 4.66. The zero-order valence-electron chi connectivity index (χ0n) is 11.6. The van der Waals surface area contributed by atoms with Crippen LogP contribution in [0, 0.1) is 0 Å². The van der Waals surface area contributed by atoms with Crippen LogP contribution in [0.25, 0.3) is 0 Å². The van der Waals surface area contributed by atoms with Crippen LogP contribution in [-0.2, 0) is 9.53 Å². The van der Waals surface area contributed by atoms with Crippen molar-refractivity contribution < 1.29 is 14.3 Å². The third-order valence-corrected chi connectivity index (χ3v) is 3.52. The number of hydrogen-bond donors (Lipinski definition) is 0. The molecule has 0 saturated heterocycles. The van der Waals surface area contributed by atoms with E-state index in [4.69, 9.17) is 4.74 Å². The summed E-state index contributed by atoms with van der Waals surface area (Å²) in [5.74, 6) is -0.780. The molecule has 5 heteroatoms. The van der Waals surface area contributed by atoms with Crippen LogP contribution in [0.3, 0.4) is 0 Å². The van der Waals surface area contributed by atoms with Gasteiger partial charge in [-0.15, -0.1) is 0 Å². The molecule has 5 nitrogen and oxygen atoms in total. The van der Waals surface area contributed by atoms with Crippen LogP contribution in [0.15, 0.2) is 24.3 Å². The Labute approximate surface area is 112 Å². The van der Waals surface area contributed by atoms with Crippen molar-refractivity contribution in [2.24, 2.45) is 0 Å². The first kappa shape index (κ1) is 13.5. The fourth-order valence-electron chi connectivity index (χ4n) is 2.62. The summed E-state index contributed by atoms with van der Waals surface area (Å²) in [5, 5.41) is 0. The topological polar surface area (TPSA) is 49.9 Å². The summed E-state index contributed by atoms with van der Waals surface area (Å²) in [4.78, 5) is 28.4. The molecule has 1 heterocycles. The lowest BCUT2D eigenvalue weighted by Crippen LogP contribution is -2.65. The number of rotatable bonds is 3. The van der Waals surface area contributed by atoms with E-state index >= 15 is 0 Å². The van der Waals surface area contributed by atoms with E-state index < -0.39 is 11.6 Å². The molecule has 0 amide bonds. The van der Waals surface area contributed by atoms with Crippen molar-refractivity contribution in [3.63, 3.8) is 0 Å². The molecule has 0 saturated carbocycles. The average molecular weight is 262 g/mol. The summed E-state index contributed by atoms with van der Waals surface area (Å²) in [6.07, 6.45) is 0. The third-order valence-electron chi connectivity index (χ3n) is 3.52. The minimum absolute atomic E-state index is 0.242. The number of benzene rings is 1. The highest BCUT2D eigenvalue weighted by molar-refractivity contribution is 6.24. The van der Waals surface area contributed by atoms with Gasteiger partial charge in [0.1, 0.15) is 0 Å². The number of Topliss-reactive ketones (excluding diaryl/α,β-unsaturated/α-hetero) is 1. The summed E-state index contributed by atoms with van der Waals surface area (Å²) in [6.45, 7) is 1.97. The number of ether oxygens (including phenoxy) is 1. The molecule has 0 spiro atoms. The van der Waals surface area contributed by atoms with Crippen molar-refractivity contribution in [2.75, 3.05) is 32.6 Å². The Kier molecular flexibility index (Phi) is 3.32. The van der Waals surface area contributed by atoms with E-state index in [2.05, 4.69) is 0 Å². The molecule has 0 aliphatic carbocycles. The maximum absolute atomic E-state index is 12.7. The highest BCUT2D eigenvalue weighted by Gasteiger charge is 2.58. The minimum atomic E-state index is -1.40. The van der Waals surface area contributed by atoms with Gasteiger partial charge in [-0.25, -0.2) is 4.79 Å². The number of para-hydroxylation sites is 1. The van der Waals surface area contributed by atoms with Gasteiger partial charge >= 0.3 is 5.97 Å². The van der Waals surface area contributed by atoms with Gasteiger partial charge in [0.05, 0.1) is 6.61 Å². The molecule has 0 aromatic heterocycles. The molecule has 1 aliphatic rings. The second-order valence-corrected chi connectivity index (χ2v) is 4.69. The quantitative estimate of drug-likeness (QED) is 0.604. The number of fused-ring (bicyclic) bond motifs is 1. The maximum atomic E-state index is 12.7. The molecular formula is C14H18N2O3.